The highest BCUT2D eigenvalue weighted by molar-refractivity contribution is 5.84. The first-order chi connectivity index (χ1) is 13.2. The Balaban J connectivity index is 1.33. The minimum Gasteiger partial charge on any atom is -0.454 e. The van der Waals surface area contributed by atoms with E-state index in [4.69, 9.17) is 9.15 Å². The predicted octanol–water partition coefficient (Wildman–Crippen LogP) is 3.38. The first kappa shape index (κ1) is 17.8. The Morgan fingerprint density at radius 2 is 1.96 bits per heavy atom. The van der Waals surface area contributed by atoms with Gasteiger partial charge in [0.1, 0.15) is 11.6 Å². The van der Waals surface area contributed by atoms with Gasteiger partial charge in [0, 0.05) is 12.6 Å². The van der Waals surface area contributed by atoms with Crippen LogP contribution < -0.4 is 5.32 Å². The van der Waals surface area contributed by atoms with Gasteiger partial charge in [0.2, 0.25) is 5.89 Å². The van der Waals surface area contributed by atoms with Gasteiger partial charge in [0.25, 0.3) is 0 Å². The summed E-state index contributed by atoms with van der Waals surface area (Å²) >= 11 is 0. The summed E-state index contributed by atoms with van der Waals surface area (Å²) < 4.78 is 11.0. The molecule has 144 valence electrons. The number of oxazole rings is 1. The molecule has 1 saturated heterocycles. The highest BCUT2D eigenvalue weighted by Gasteiger charge is 2.36. The van der Waals surface area contributed by atoms with E-state index < -0.39 is 12.0 Å². The molecule has 7 heteroatoms. The quantitative estimate of drug-likeness (QED) is 0.833. The third-order valence-corrected chi connectivity index (χ3v) is 5.39. The smallest absolute Gasteiger partial charge is 0.329 e. The van der Waals surface area contributed by atoms with Gasteiger partial charge < -0.3 is 19.4 Å². The van der Waals surface area contributed by atoms with Crippen molar-refractivity contribution in [3.8, 4) is 0 Å². The molecule has 1 atom stereocenters. The van der Waals surface area contributed by atoms with E-state index in [1.54, 1.807) is 4.90 Å². The Bertz CT molecular complexity index is 779. The van der Waals surface area contributed by atoms with Gasteiger partial charge in [0.05, 0.1) is 0 Å². The molecule has 0 spiro atoms. The number of amides is 2. The zero-order chi connectivity index (χ0) is 18.6. The van der Waals surface area contributed by atoms with E-state index in [9.17, 15) is 9.59 Å². The lowest BCUT2D eigenvalue weighted by atomic mass is 9.96. The standard InChI is InChI=1S/C20H25N3O4/c24-19(26-13-18-22-15-9-4-5-11-17(15)27-18)16-10-6-12-23(16)20(25)21-14-7-2-1-3-8-14/h4-5,9,11,14,16H,1-3,6-8,10,12-13H2,(H,21,25). The molecular formula is C20H25N3O4. The number of rotatable bonds is 4. The van der Waals surface area contributed by atoms with Crippen molar-refractivity contribution in [2.45, 2.75) is 63.6 Å². The fraction of sp³-hybridized carbons (Fsp3) is 0.550. The molecule has 2 amide bonds. The van der Waals surface area contributed by atoms with Crippen LogP contribution in [0.3, 0.4) is 0 Å². The molecule has 7 nitrogen and oxygen atoms in total. The molecule has 0 radical (unpaired) electrons. The van der Waals surface area contributed by atoms with Crippen LogP contribution in [0.1, 0.15) is 50.8 Å². The van der Waals surface area contributed by atoms with Crippen molar-refractivity contribution in [2.24, 2.45) is 0 Å². The topological polar surface area (TPSA) is 84.7 Å². The van der Waals surface area contributed by atoms with Crippen LogP contribution in [0.5, 0.6) is 0 Å². The van der Waals surface area contributed by atoms with Crippen molar-refractivity contribution < 1.29 is 18.7 Å². The molecule has 1 unspecified atom stereocenters. The van der Waals surface area contributed by atoms with E-state index in [0.29, 0.717) is 24.4 Å². The second-order valence-electron chi connectivity index (χ2n) is 7.32. The summed E-state index contributed by atoms with van der Waals surface area (Å²) in [7, 11) is 0. The first-order valence-corrected chi connectivity index (χ1v) is 9.79. The lowest BCUT2D eigenvalue weighted by Gasteiger charge is -2.28. The molecule has 27 heavy (non-hydrogen) atoms. The van der Waals surface area contributed by atoms with Gasteiger partial charge in [-0.3, -0.25) is 0 Å². The Kier molecular flexibility index (Phi) is 5.27. The maximum atomic E-state index is 12.6. The van der Waals surface area contributed by atoms with Gasteiger partial charge in [-0.1, -0.05) is 31.4 Å². The largest absolute Gasteiger partial charge is 0.454 e. The number of ether oxygens (including phenoxy) is 1. The Morgan fingerprint density at radius 1 is 1.15 bits per heavy atom. The summed E-state index contributed by atoms with van der Waals surface area (Å²) in [6, 6.07) is 6.96. The maximum Gasteiger partial charge on any atom is 0.329 e. The molecular weight excluding hydrogens is 346 g/mol. The van der Waals surface area contributed by atoms with Gasteiger partial charge >= 0.3 is 12.0 Å². The van der Waals surface area contributed by atoms with Crippen LogP contribution in [0.4, 0.5) is 4.79 Å². The molecule has 2 aliphatic rings. The van der Waals surface area contributed by atoms with Crippen molar-refractivity contribution in [3.63, 3.8) is 0 Å². The zero-order valence-electron chi connectivity index (χ0n) is 15.4. The highest BCUT2D eigenvalue weighted by atomic mass is 16.5. The molecule has 1 aromatic carbocycles. The maximum absolute atomic E-state index is 12.6. The average molecular weight is 371 g/mol. The number of fused-ring (bicyclic) bond motifs is 1. The van der Waals surface area contributed by atoms with Gasteiger partial charge in [-0.25, -0.2) is 14.6 Å². The number of para-hydroxylation sites is 2. The van der Waals surface area contributed by atoms with Crippen molar-refractivity contribution in [2.75, 3.05) is 6.54 Å². The summed E-state index contributed by atoms with van der Waals surface area (Å²) in [6.45, 7) is 0.559. The summed E-state index contributed by atoms with van der Waals surface area (Å²) in [5.74, 6) is -0.0331. The van der Waals surface area contributed by atoms with E-state index in [0.717, 1.165) is 37.6 Å². The second kappa shape index (κ2) is 7.98. The Morgan fingerprint density at radius 3 is 2.78 bits per heavy atom. The van der Waals surface area contributed by atoms with Crippen molar-refractivity contribution >= 4 is 23.1 Å². The molecule has 4 rings (SSSR count). The molecule has 2 heterocycles. The average Bonchev–Trinajstić information content (AvgIpc) is 3.33. The number of urea groups is 1. The van der Waals surface area contributed by atoms with Crippen LogP contribution >= 0.6 is 0 Å². The van der Waals surface area contributed by atoms with E-state index in [1.165, 1.54) is 6.42 Å². The highest BCUT2D eigenvalue weighted by Crippen LogP contribution is 2.22. The Labute approximate surface area is 158 Å². The van der Waals surface area contributed by atoms with Crippen LogP contribution in [0.15, 0.2) is 28.7 Å². The number of carbonyl (C=O) groups is 2. The van der Waals surface area contributed by atoms with E-state index in [-0.39, 0.29) is 18.7 Å². The van der Waals surface area contributed by atoms with Crippen molar-refractivity contribution in [3.05, 3.63) is 30.2 Å². The number of esters is 1. The monoisotopic (exact) mass is 371 g/mol. The third kappa shape index (κ3) is 4.07. The molecule has 1 saturated carbocycles. The number of benzene rings is 1. The van der Waals surface area contributed by atoms with Gasteiger partial charge in [-0.2, -0.15) is 0 Å². The predicted molar refractivity (Wildman–Crippen MR) is 98.9 cm³/mol. The van der Waals surface area contributed by atoms with Crippen LogP contribution in [-0.2, 0) is 16.1 Å². The Hall–Kier alpha value is -2.57. The summed E-state index contributed by atoms with van der Waals surface area (Å²) in [4.78, 5) is 31.0. The third-order valence-electron chi connectivity index (χ3n) is 5.39. The molecule has 1 aromatic heterocycles. The van der Waals surface area contributed by atoms with Crippen LogP contribution in [0.2, 0.25) is 0 Å². The summed E-state index contributed by atoms with van der Waals surface area (Å²) in [5.41, 5.74) is 1.40. The van der Waals surface area contributed by atoms with Gasteiger partial charge in [0.15, 0.2) is 12.2 Å². The lowest BCUT2D eigenvalue weighted by Crippen LogP contribution is -2.49. The summed E-state index contributed by atoms with van der Waals surface area (Å²) in [5, 5.41) is 3.09. The molecule has 0 bridgehead atoms. The van der Waals surface area contributed by atoms with E-state index in [2.05, 4.69) is 10.3 Å². The number of nitrogens with zero attached hydrogens (tertiary/aromatic N) is 2. The number of nitrogens with one attached hydrogen (secondary N) is 1. The van der Waals surface area contributed by atoms with Crippen LogP contribution in [-0.4, -0.2) is 40.5 Å². The minimum atomic E-state index is -0.530. The van der Waals surface area contributed by atoms with Crippen LogP contribution in [0, 0.1) is 0 Å². The molecule has 1 aliphatic carbocycles. The number of carbonyl (C=O) groups excluding carboxylic acids is 2. The number of hydrogen-bond acceptors (Lipinski definition) is 5. The molecule has 1 N–H and O–H groups in total. The zero-order valence-corrected chi connectivity index (χ0v) is 15.4. The SMILES string of the molecule is O=C(OCc1nc2ccccc2o1)C1CCCN1C(=O)NC1CCCCC1. The second-order valence-corrected chi connectivity index (χ2v) is 7.32. The first-order valence-electron chi connectivity index (χ1n) is 9.79. The van der Waals surface area contributed by atoms with Gasteiger partial charge in [-0.15, -0.1) is 0 Å². The lowest BCUT2D eigenvalue weighted by molar-refractivity contribution is -0.150. The summed E-state index contributed by atoms with van der Waals surface area (Å²) in [6.07, 6.45) is 7.02. The van der Waals surface area contributed by atoms with Crippen molar-refractivity contribution in [1.29, 1.82) is 0 Å². The number of likely N-dealkylation sites (tertiary alicyclic amines) is 1. The fourth-order valence-electron chi connectivity index (χ4n) is 3.97. The normalized spacial score (nSPS) is 20.7. The minimum absolute atomic E-state index is 0.0257. The van der Waals surface area contributed by atoms with E-state index in [1.807, 2.05) is 24.3 Å². The number of aromatic nitrogens is 1. The van der Waals surface area contributed by atoms with Crippen LogP contribution in [0.25, 0.3) is 11.1 Å². The van der Waals surface area contributed by atoms with Gasteiger partial charge in [-0.05, 0) is 37.8 Å². The molecule has 1 aliphatic heterocycles. The molecule has 2 aromatic rings. The molecule has 2 fully saturated rings. The fourth-order valence-corrected chi connectivity index (χ4v) is 3.97. The number of hydrogen-bond donors (Lipinski definition) is 1. The van der Waals surface area contributed by atoms with E-state index >= 15 is 0 Å². The van der Waals surface area contributed by atoms with Crippen molar-refractivity contribution in [1.82, 2.24) is 15.2 Å².